The summed E-state index contributed by atoms with van der Waals surface area (Å²) in [7, 11) is 0. The van der Waals surface area contributed by atoms with Crippen molar-refractivity contribution >= 4 is 34.2 Å². The van der Waals surface area contributed by atoms with Gasteiger partial charge >= 0.3 is 0 Å². The molecule has 1 aliphatic heterocycles. The number of pyridine rings is 1. The van der Waals surface area contributed by atoms with Crippen LogP contribution in [0.1, 0.15) is 26.7 Å². The first kappa shape index (κ1) is 23.8. The predicted molar refractivity (Wildman–Crippen MR) is 128 cm³/mol. The first-order valence-corrected chi connectivity index (χ1v) is 11.4. The molecule has 2 heterocycles. The van der Waals surface area contributed by atoms with Gasteiger partial charge in [0.25, 0.3) is 11.5 Å². The number of nitrogens with zero attached hydrogens (tertiary/aromatic N) is 1. The topological polar surface area (TPSA) is 91.5 Å². The normalized spacial score (nSPS) is 15.2. The number of halogens is 2. The molecule has 0 spiro atoms. The zero-order valence-electron chi connectivity index (χ0n) is 18.9. The Bertz CT molecular complexity index is 1300. The molecule has 1 saturated heterocycles. The van der Waals surface area contributed by atoms with Crippen molar-refractivity contribution in [2.24, 2.45) is 0 Å². The summed E-state index contributed by atoms with van der Waals surface area (Å²) >= 11 is 6.23. The van der Waals surface area contributed by atoms with Crippen molar-refractivity contribution < 1.29 is 18.7 Å². The van der Waals surface area contributed by atoms with Gasteiger partial charge < -0.3 is 19.9 Å². The summed E-state index contributed by atoms with van der Waals surface area (Å²) in [6, 6.07) is 9.17. The molecule has 7 nitrogen and oxygen atoms in total. The molecule has 1 fully saturated rings. The molecule has 2 N–H and O–H groups in total. The van der Waals surface area contributed by atoms with E-state index in [1.807, 2.05) is 0 Å². The minimum Gasteiger partial charge on any atom is -0.481 e. The van der Waals surface area contributed by atoms with Gasteiger partial charge in [0, 0.05) is 43.4 Å². The first-order valence-electron chi connectivity index (χ1n) is 11.1. The van der Waals surface area contributed by atoms with Crippen LogP contribution in [-0.2, 0) is 9.59 Å². The molecule has 1 atom stereocenters. The molecular formula is C25H25ClFN3O4. The largest absolute Gasteiger partial charge is 0.481 e. The highest BCUT2D eigenvalue weighted by Crippen LogP contribution is 2.33. The van der Waals surface area contributed by atoms with Crippen LogP contribution in [-0.4, -0.2) is 46.9 Å². The van der Waals surface area contributed by atoms with Crippen molar-refractivity contribution in [3.8, 4) is 16.9 Å². The Balaban J connectivity index is 1.52. The Morgan fingerprint density at radius 2 is 1.88 bits per heavy atom. The number of benzene rings is 2. The Morgan fingerprint density at radius 1 is 1.15 bits per heavy atom. The van der Waals surface area contributed by atoms with Gasteiger partial charge in [0.2, 0.25) is 5.91 Å². The number of hydrogen-bond acceptors (Lipinski definition) is 4. The average molecular weight is 486 g/mol. The molecule has 0 bridgehead atoms. The van der Waals surface area contributed by atoms with E-state index >= 15 is 0 Å². The second-order valence-electron chi connectivity index (χ2n) is 8.42. The third-order valence-electron chi connectivity index (χ3n) is 5.97. The second-order valence-corrected chi connectivity index (χ2v) is 8.83. The maximum absolute atomic E-state index is 13.5. The SMILES string of the molecule is CC(=O)NC1CCN(C(=O)[C@@H](C)Oc2ccc3c(-c4ccc(F)cc4Cl)c[nH]c(=O)c3c2)CC1. The number of likely N-dealkylation sites (tertiary alicyclic amines) is 1. The zero-order chi connectivity index (χ0) is 24.4. The number of aromatic amines is 1. The van der Waals surface area contributed by atoms with Crippen molar-refractivity contribution in [1.82, 2.24) is 15.2 Å². The lowest BCUT2D eigenvalue weighted by Crippen LogP contribution is -2.49. The van der Waals surface area contributed by atoms with Gasteiger partial charge in [-0.05, 0) is 61.5 Å². The van der Waals surface area contributed by atoms with Gasteiger partial charge in [-0.1, -0.05) is 11.6 Å². The molecule has 2 aromatic carbocycles. The summed E-state index contributed by atoms with van der Waals surface area (Å²) < 4.78 is 19.4. The summed E-state index contributed by atoms with van der Waals surface area (Å²) in [6.45, 7) is 4.23. The molecule has 0 saturated carbocycles. The van der Waals surface area contributed by atoms with Gasteiger partial charge in [0.15, 0.2) is 6.10 Å². The van der Waals surface area contributed by atoms with Crippen LogP contribution in [0.15, 0.2) is 47.4 Å². The Morgan fingerprint density at radius 3 is 2.56 bits per heavy atom. The average Bonchev–Trinajstić information content (AvgIpc) is 2.80. The van der Waals surface area contributed by atoms with Crippen LogP contribution >= 0.6 is 11.6 Å². The van der Waals surface area contributed by atoms with Crippen LogP contribution in [0.3, 0.4) is 0 Å². The van der Waals surface area contributed by atoms with Gasteiger partial charge in [-0.15, -0.1) is 0 Å². The minimum absolute atomic E-state index is 0.0716. The van der Waals surface area contributed by atoms with E-state index in [2.05, 4.69) is 10.3 Å². The lowest BCUT2D eigenvalue weighted by molar-refractivity contribution is -0.139. The van der Waals surface area contributed by atoms with E-state index in [1.54, 1.807) is 42.3 Å². The van der Waals surface area contributed by atoms with Crippen molar-refractivity contribution in [2.45, 2.75) is 38.8 Å². The second kappa shape index (κ2) is 9.85. The number of hydrogen-bond donors (Lipinski definition) is 2. The van der Waals surface area contributed by atoms with E-state index in [9.17, 15) is 18.8 Å². The summed E-state index contributed by atoms with van der Waals surface area (Å²) in [5.41, 5.74) is 0.919. The number of carbonyl (C=O) groups excluding carboxylic acids is 2. The number of fused-ring (bicyclic) bond motifs is 1. The number of nitrogens with one attached hydrogen (secondary N) is 2. The zero-order valence-corrected chi connectivity index (χ0v) is 19.6. The third kappa shape index (κ3) is 5.07. The molecule has 34 heavy (non-hydrogen) atoms. The smallest absolute Gasteiger partial charge is 0.263 e. The lowest BCUT2D eigenvalue weighted by atomic mass is 10.0. The molecule has 178 valence electrons. The standard InChI is InChI=1S/C25H25ClFN3O4/c1-14(25(33)30-9-7-17(8-10-30)29-15(2)31)34-18-4-6-19-21(12-18)24(32)28-13-22(19)20-5-3-16(27)11-23(20)26/h3-6,11-14,17H,7-10H2,1-2H3,(H,28,32)(H,29,31)/t14-/m1/s1. The summed E-state index contributed by atoms with van der Waals surface area (Å²) in [5.74, 6) is -0.287. The quantitative estimate of drug-likeness (QED) is 0.573. The number of aromatic nitrogens is 1. The van der Waals surface area contributed by atoms with E-state index in [0.29, 0.717) is 53.6 Å². The van der Waals surface area contributed by atoms with E-state index in [-0.39, 0.29) is 28.4 Å². The fourth-order valence-corrected chi connectivity index (χ4v) is 4.56. The van der Waals surface area contributed by atoms with Gasteiger partial charge in [0.05, 0.1) is 10.4 Å². The molecule has 0 unspecified atom stereocenters. The highest BCUT2D eigenvalue weighted by molar-refractivity contribution is 6.33. The Kier molecular flexibility index (Phi) is 6.88. The fourth-order valence-electron chi connectivity index (χ4n) is 4.29. The Hall–Kier alpha value is -3.39. The molecular weight excluding hydrogens is 461 g/mol. The molecule has 3 aromatic rings. The van der Waals surface area contributed by atoms with Crippen LogP contribution < -0.4 is 15.6 Å². The molecule has 4 rings (SSSR count). The van der Waals surface area contributed by atoms with Crippen molar-refractivity contribution in [3.05, 3.63) is 63.8 Å². The van der Waals surface area contributed by atoms with Gasteiger partial charge in [-0.25, -0.2) is 4.39 Å². The summed E-state index contributed by atoms with van der Waals surface area (Å²) in [6.07, 6.45) is 2.18. The van der Waals surface area contributed by atoms with Crippen molar-refractivity contribution in [1.29, 1.82) is 0 Å². The monoisotopic (exact) mass is 485 g/mol. The number of rotatable bonds is 5. The number of amides is 2. The molecule has 0 aliphatic carbocycles. The van der Waals surface area contributed by atoms with Crippen molar-refractivity contribution in [3.63, 3.8) is 0 Å². The van der Waals surface area contributed by atoms with Crippen LogP contribution in [0, 0.1) is 5.82 Å². The van der Waals surface area contributed by atoms with Crippen molar-refractivity contribution in [2.75, 3.05) is 13.1 Å². The number of ether oxygens (including phenoxy) is 1. The molecule has 2 amide bonds. The fraction of sp³-hybridized carbons (Fsp3) is 0.320. The molecule has 1 aromatic heterocycles. The number of carbonyl (C=O) groups is 2. The van der Waals surface area contributed by atoms with Crippen LogP contribution in [0.4, 0.5) is 4.39 Å². The lowest BCUT2D eigenvalue weighted by Gasteiger charge is -2.33. The predicted octanol–water partition coefficient (Wildman–Crippen LogP) is 3.88. The number of piperidine rings is 1. The molecule has 1 aliphatic rings. The maximum atomic E-state index is 13.5. The van der Waals surface area contributed by atoms with Crippen LogP contribution in [0.2, 0.25) is 5.02 Å². The van der Waals surface area contributed by atoms with Crippen LogP contribution in [0.5, 0.6) is 5.75 Å². The third-order valence-corrected chi connectivity index (χ3v) is 6.28. The van der Waals surface area contributed by atoms with E-state index in [4.69, 9.17) is 16.3 Å². The van der Waals surface area contributed by atoms with E-state index in [1.165, 1.54) is 19.1 Å². The van der Waals surface area contributed by atoms with Gasteiger partial charge in [0.1, 0.15) is 11.6 Å². The van der Waals surface area contributed by atoms with Gasteiger partial charge in [-0.3, -0.25) is 14.4 Å². The Labute approximate surface area is 200 Å². The first-order chi connectivity index (χ1) is 16.2. The van der Waals surface area contributed by atoms with E-state index in [0.717, 1.165) is 0 Å². The highest BCUT2D eigenvalue weighted by atomic mass is 35.5. The molecule has 0 radical (unpaired) electrons. The van der Waals surface area contributed by atoms with Crippen LogP contribution in [0.25, 0.3) is 21.9 Å². The molecule has 9 heteroatoms. The number of H-pyrrole nitrogens is 1. The van der Waals surface area contributed by atoms with E-state index < -0.39 is 11.9 Å². The van der Waals surface area contributed by atoms with Gasteiger partial charge in [-0.2, -0.15) is 0 Å². The maximum Gasteiger partial charge on any atom is 0.263 e. The summed E-state index contributed by atoms with van der Waals surface area (Å²) in [5, 5.41) is 4.11. The highest BCUT2D eigenvalue weighted by Gasteiger charge is 2.27. The summed E-state index contributed by atoms with van der Waals surface area (Å²) in [4.78, 5) is 41.0. The minimum atomic E-state index is -0.747.